The first kappa shape index (κ1) is 15.4. The fraction of sp³-hybridized carbons (Fsp3) is 0.750. The maximum Gasteiger partial charge on any atom is 0.307 e. The molecule has 1 saturated heterocycles. The van der Waals surface area contributed by atoms with Crippen LogP contribution in [0.25, 0.3) is 0 Å². The van der Waals surface area contributed by atoms with Crippen LogP contribution in [-0.2, 0) is 23.9 Å². The molecule has 0 aliphatic carbocycles. The number of esters is 1. The zero-order chi connectivity index (χ0) is 14.3. The monoisotopic (exact) mass is 272 g/mol. The van der Waals surface area contributed by atoms with Crippen LogP contribution in [0.2, 0.25) is 0 Å². The number of nitrogens with one attached hydrogen (secondary N) is 1. The third kappa shape index (κ3) is 4.86. The van der Waals surface area contributed by atoms with Gasteiger partial charge in [0.2, 0.25) is 11.8 Å². The maximum absolute atomic E-state index is 11.8. The van der Waals surface area contributed by atoms with Crippen molar-refractivity contribution >= 4 is 17.8 Å². The molecule has 0 aromatic carbocycles. The van der Waals surface area contributed by atoms with Crippen molar-refractivity contribution in [3.63, 3.8) is 0 Å². The molecule has 1 atom stereocenters. The van der Waals surface area contributed by atoms with Gasteiger partial charge in [0.1, 0.15) is 0 Å². The molecule has 1 heterocycles. The Morgan fingerprint density at radius 1 is 1.42 bits per heavy atom. The van der Waals surface area contributed by atoms with Crippen molar-refractivity contribution in [1.29, 1.82) is 0 Å². The van der Waals surface area contributed by atoms with Crippen LogP contribution in [0, 0.1) is 5.92 Å². The molecule has 1 aliphatic rings. The van der Waals surface area contributed by atoms with Crippen molar-refractivity contribution in [1.82, 2.24) is 10.2 Å². The summed E-state index contributed by atoms with van der Waals surface area (Å²) in [5, 5.41) is 2.64. The summed E-state index contributed by atoms with van der Waals surface area (Å²) in [5.41, 5.74) is 0. The van der Waals surface area contributed by atoms with Crippen molar-refractivity contribution in [2.24, 2.45) is 5.92 Å². The second-order valence-corrected chi connectivity index (χ2v) is 4.35. The SMILES string of the molecule is COCCN1CC(C(=O)NCCC(=O)OC)CC1=O. The van der Waals surface area contributed by atoms with E-state index in [1.807, 2.05) is 0 Å². The van der Waals surface area contributed by atoms with E-state index in [-0.39, 0.29) is 43.1 Å². The molecule has 1 unspecified atom stereocenters. The number of hydrogen-bond donors (Lipinski definition) is 1. The molecule has 7 nitrogen and oxygen atoms in total. The van der Waals surface area contributed by atoms with E-state index in [4.69, 9.17) is 4.74 Å². The van der Waals surface area contributed by atoms with Gasteiger partial charge in [-0.05, 0) is 0 Å². The van der Waals surface area contributed by atoms with Gasteiger partial charge in [0.25, 0.3) is 0 Å². The predicted octanol–water partition coefficient (Wildman–Crippen LogP) is -0.839. The Labute approximate surface area is 112 Å². The summed E-state index contributed by atoms with van der Waals surface area (Å²) >= 11 is 0. The zero-order valence-electron chi connectivity index (χ0n) is 11.3. The van der Waals surface area contributed by atoms with Crippen molar-refractivity contribution < 1.29 is 23.9 Å². The molecular formula is C12H20N2O5. The van der Waals surface area contributed by atoms with E-state index >= 15 is 0 Å². The van der Waals surface area contributed by atoms with Crippen LogP contribution in [0.4, 0.5) is 0 Å². The lowest BCUT2D eigenvalue weighted by Crippen LogP contribution is -2.35. The highest BCUT2D eigenvalue weighted by atomic mass is 16.5. The Balaban J connectivity index is 2.30. The second-order valence-electron chi connectivity index (χ2n) is 4.35. The molecule has 19 heavy (non-hydrogen) atoms. The summed E-state index contributed by atoms with van der Waals surface area (Å²) in [6.45, 7) is 1.60. The molecule has 0 radical (unpaired) electrons. The lowest BCUT2D eigenvalue weighted by Gasteiger charge is -2.15. The van der Waals surface area contributed by atoms with Crippen molar-refractivity contribution in [2.45, 2.75) is 12.8 Å². The molecule has 0 bridgehead atoms. The molecule has 7 heteroatoms. The minimum absolute atomic E-state index is 0.0369. The van der Waals surface area contributed by atoms with Crippen LogP contribution in [-0.4, -0.2) is 63.1 Å². The average Bonchev–Trinajstić information content (AvgIpc) is 2.77. The van der Waals surface area contributed by atoms with Crippen LogP contribution in [0.3, 0.4) is 0 Å². The first-order valence-corrected chi connectivity index (χ1v) is 6.19. The molecule has 0 saturated carbocycles. The van der Waals surface area contributed by atoms with Gasteiger partial charge in [0, 0.05) is 33.2 Å². The van der Waals surface area contributed by atoms with E-state index in [0.29, 0.717) is 19.7 Å². The summed E-state index contributed by atoms with van der Waals surface area (Å²) in [5.74, 6) is -0.950. The number of amides is 2. The molecule has 0 aromatic heterocycles. The lowest BCUT2D eigenvalue weighted by molar-refractivity contribution is -0.140. The molecule has 108 valence electrons. The number of rotatable bonds is 7. The van der Waals surface area contributed by atoms with Gasteiger partial charge >= 0.3 is 5.97 Å². The van der Waals surface area contributed by atoms with Gasteiger partial charge in [-0.3, -0.25) is 14.4 Å². The van der Waals surface area contributed by atoms with E-state index in [2.05, 4.69) is 10.1 Å². The Bertz CT molecular complexity index is 345. The summed E-state index contributed by atoms with van der Waals surface area (Å²) < 4.78 is 9.38. The average molecular weight is 272 g/mol. The molecule has 1 N–H and O–H groups in total. The summed E-state index contributed by atoms with van der Waals surface area (Å²) in [7, 11) is 2.87. The van der Waals surface area contributed by atoms with E-state index in [9.17, 15) is 14.4 Å². The Morgan fingerprint density at radius 3 is 2.79 bits per heavy atom. The van der Waals surface area contributed by atoms with E-state index in [1.54, 1.807) is 12.0 Å². The number of carbonyl (C=O) groups excluding carboxylic acids is 3. The Morgan fingerprint density at radius 2 is 2.16 bits per heavy atom. The topological polar surface area (TPSA) is 84.9 Å². The first-order chi connectivity index (χ1) is 9.08. The van der Waals surface area contributed by atoms with Crippen LogP contribution in [0.5, 0.6) is 0 Å². The highest BCUT2D eigenvalue weighted by Crippen LogP contribution is 2.17. The number of hydrogen-bond acceptors (Lipinski definition) is 5. The molecular weight excluding hydrogens is 252 g/mol. The van der Waals surface area contributed by atoms with E-state index in [0.717, 1.165) is 0 Å². The van der Waals surface area contributed by atoms with Gasteiger partial charge in [-0.15, -0.1) is 0 Å². The van der Waals surface area contributed by atoms with Gasteiger partial charge in [0.05, 0.1) is 26.1 Å². The minimum atomic E-state index is -0.371. The maximum atomic E-state index is 11.8. The summed E-state index contributed by atoms with van der Waals surface area (Å²) in [6, 6.07) is 0. The molecule has 0 spiro atoms. The fourth-order valence-electron chi connectivity index (χ4n) is 1.90. The van der Waals surface area contributed by atoms with Gasteiger partial charge in [-0.1, -0.05) is 0 Å². The number of carbonyl (C=O) groups is 3. The second kappa shape index (κ2) is 7.73. The molecule has 0 aromatic rings. The Kier molecular flexibility index (Phi) is 6.27. The summed E-state index contributed by atoms with van der Waals surface area (Å²) in [4.78, 5) is 36.0. The summed E-state index contributed by atoms with van der Waals surface area (Å²) in [6.07, 6.45) is 0.351. The number of nitrogens with zero attached hydrogens (tertiary/aromatic N) is 1. The smallest absolute Gasteiger partial charge is 0.307 e. The highest BCUT2D eigenvalue weighted by Gasteiger charge is 2.33. The largest absolute Gasteiger partial charge is 0.469 e. The van der Waals surface area contributed by atoms with Gasteiger partial charge in [-0.2, -0.15) is 0 Å². The molecule has 1 rings (SSSR count). The van der Waals surface area contributed by atoms with Crippen molar-refractivity contribution in [3.05, 3.63) is 0 Å². The zero-order valence-corrected chi connectivity index (χ0v) is 11.3. The third-order valence-corrected chi connectivity index (χ3v) is 3.01. The lowest BCUT2D eigenvalue weighted by atomic mass is 10.1. The number of likely N-dealkylation sites (tertiary alicyclic amines) is 1. The molecule has 1 fully saturated rings. The van der Waals surface area contributed by atoms with E-state index in [1.165, 1.54) is 7.11 Å². The van der Waals surface area contributed by atoms with Crippen molar-refractivity contribution in [2.75, 3.05) is 40.5 Å². The van der Waals surface area contributed by atoms with Gasteiger partial charge in [-0.25, -0.2) is 0 Å². The predicted molar refractivity (Wildman–Crippen MR) is 66.2 cm³/mol. The fourth-order valence-corrected chi connectivity index (χ4v) is 1.90. The highest BCUT2D eigenvalue weighted by molar-refractivity contribution is 5.89. The van der Waals surface area contributed by atoms with Crippen LogP contribution in [0.15, 0.2) is 0 Å². The Hall–Kier alpha value is -1.63. The van der Waals surface area contributed by atoms with Crippen LogP contribution >= 0.6 is 0 Å². The van der Waals surface area contributed by atoms with Gasteiger partial charge in [0.15, 0.2) is 0 Å². The minimum Gasteiger partial charge on any atom is -0.469 e. The van der Waals surface area contributed by atoms with Crippen molar-refractivity contribution in [3.8, 4) is 0 Å². The quantitative estimate of drug-likeness (QED) is 0.611. The number of methoxy groups -OCH3 is 2. The standard InChI is InChI=1S/C12H20N2O5/c1-18-6-5-14-8-9(7-10(14)15)12(17)13-4-3-11(16)19-2/h9H,3-8H2,1-2H3,(H,13,17). The number of ether oxygens (including phenoxy) is 2. The van der Waals surface area contributed by atoms with Gasteiger partial charge < -0.3 is 19.7 Å². The van der Waals surface area contributed by atoms with Crippen LogP contribution in [0.1, 0.15) is 12.8 Å². The molecule has 2 amide bonds. The molecule has 1 aliphatic heterocycles. The van der Waals surface area contributed by atoms with E-state index < -0.39 is 0 Å². The normalized spacial score (nSPS) is 18.5. The van der Waals surface area contributed by atoms with Crippen LogP contribution < -0.4 is 5.32 Å². The first-order valence-electron chi connectivity index (χ1n) is 6.19. The third-order valence-electron chi connectivity index (χ3n) is 3.01.